The first-order valence-electron chi connectivity index (χ1n) is 6.11. The van der Waals surface area contributed by atoms with E-state index in [-0.39, 0.29) is 0 Å². The molecule has 2 rings (SSSR count). The van der Waals surface area contributed by atoms with Crippen molar-refractivity contribution in [2.75, 3.05) is 0 Å². The van der Waals surface area contributed by atoms with Crippen molar-refractivity contribution in [1.82, 2.24) is 0 Å². The molecule has 0 aliphatic heterocycles. The topological polar surface area (TPSA) is 26.3 Å². The Morgan fingerprint density at radius 3 is 2.15 bits per heavy atom. The van der Waals surface area contributed by atoms with Crippen molar-refractivity contribution in [2.24, 2.45) is 0 Å². The zero-order valence-corrected chi connectivity index (χ0v) is 11.5. The molecule has 0 fully saturated rings. The summed E-state index contributed by atoms with van der Waals surface area (Å²) in [6.07, 6.45) is 4.81. The molecule has 2 aromatic carbocycles. The van der Waals surface area contributed by atoms with E-state index >= 15 is 0 Å². The Labute approximate surface area is 123 Å². The van der Waals surface area contributed by atoms with Crippen molar-refractivity contribution in [3.63, 3.8) is 0 Å². The molecule has 0 heterocycles. The molecule has 0 amide bonds. The molecule has 0 saturated carbocycles. The number of rotatable bonds is 5. The number of hydrogen-bond donors (Lipinski definition) is 0. The van der Waals surface area contributed by atoms with E-state index in [0.717, 1.165) is 5.56 Å². The quantitative estimate of drug-likeness (QED) is 0.351. The van der Waals surface area contributed by atoms with Gasteiger partial charge < -0.3 is 4.74 Å². The SMILES string of the molecule is O=C(Cl)/C=C(\C=C\c1ccccc1)Oc1ccccc1. The van der Waals surface area contributed by atoms with Gasteiger partial charge in [-0.05, 0) is 35.4 Å². The summed E-state index contributed by atoms with van der Waals surface area (Å²) in [7, 11) is 0. The van der Waals surface area contributed by atoms with Gasteiger partial charge in [-0.3, -0.25) is 4.79 Å². The minimum Gasteiger partial charge on any atom is -0.457 e. The highest BCUT2D eigenvalue weighted by molar-refractivity contribution is 6.66. The molecule has 2 aromatic rings. The number of benzene rings is 2. The van der Waals surface area contributed by atoms with E-state index < -0.39 is 5.24 Å². The van der Waals surface area contributed by atoms with E-state index in [1.54, 1.807) is 6.08 Å². The van der Waals surface area contributed by atoms with E-state index in [1.807, 2.05) is 66.7 Å². The van der Waals surface area contributed by atoms with Crippen molar-refractivity contribution in [3.8, 4) is 5.75 Å². The van der Waals surface area contributed by atoms with Crippen LogP contribution in [0.2, 0.25) is 0 Å². The Morgan fingerprint density at radius 2 is 1.55 bits per heavy atom. The molecule has 0 unspecified atom stereocenters. The molecule has 0 bridgehead atoms. The Morgan fingerprint density at radius 1 is 0.950 bits per heavy atom. The van der Waals surface area contributed by atoms with Crippen LogP contribution in [0.5, 0.6) is 5.75 Å². The molecule has 0 spiro atoms. The molecule has 0 aromatic heterocycles. The van der Waals surface area contributed by atoms with Crippen LogP contribution in [-0.4, -0.2) is 5.24 Å². The molecule has 0 saturated heterocycles. The largest absolute Gasteiger partial charge is 0.457 e. The summed E-state index contributed by atoms with van der Waals surface area (Å²) < 4.78 is 5.62. The second-order valence-corrected chi connectivity index (χ2v) is 4.38. The van der Waals surface area contributed by atoms with Crippen LogP contribution in [0.15, 0.2) is 78.6 Å². The Kier molecular flexibility index (Phi) is 5.15. The highest BCUT2D eigenvalue weighted by Gasteiger charge is 2.00. The maximum atomic E-state index is 11.0. The summed E-state index contributed by atoms with van der Waals surface area (Å²) in [6.45, 7) is 0. The minimum atomic E-state index is -0.575. The Balaban J connectivity index is 2.17. The van der Waals surface area contributed by atoms with E-state index in [9.17, 15) is 4.79 Å². The number of allylic oxidation sites excluding steroid dienone is 2. The third-order valence-electron chi connectivity index (χ3n) is 2.47. The third kappa shape index (κ3) is 4.75. The lowest BCUT2D eigenvalue weighted by atomic mass is 10.2. The zero-order valence-electron chi connectivity index (χ0n) is 10.7. The number of carbonyl (C=O) groups is 1. The van der Waals surface area contributed by atoms with Crippen LogP contribution >= 0.6 is 11.6 Å². The molecule has 0 aliphatic rings. The fraction of sp³-hybridized carbons (Fsp3) is 0. The summed E-state index contributed by atoms with van der Waals surface area (Å²) in [5.74, 6) is 1.04. The summed E-state index contributed by atoms with van der Waals surface area (Å²) in [4.78, 5) is 11.0. The Hall–Kier alpha value is -2.32. The normalized spacial score (nSPS) is 11.6. The zero-order chi connectivity index (χ0) is 14.2. The van der Waals surface area contributed by atoms with Gasteiger partial charge in [0.1, 0.15) is 11.5 Å². The molecule has 100 valence electrons. The minimum absolute atomic E-state index is 0.389. The van der Waals surface area contributed by atoms with Crippen molar-refractivity contribution in [2.45, 2.75) is 0 Å². The van der Waals surface area contributed by atoms with Crippen molar-refractivity contribution >= 4 is 22.9 Å². The van der Waals surface area contributed by atoms with Gasteiger partial charge in [-0.15, -0.1) is 0 Å². The number of para-hydroxylation sites is 1. The lowest BCUT2D eigenvalue weighted by molar-refractivity contribution is -0.107. The fourth-order valence-electron chi connectivity index (χ4n) is 1.59. The first kappa shape index (κ1) is 14.1. The first-order valence-corrected chi connectivity index (χ1v) is 6.49. The number of ether oxygens (including phenoxy) is 1. The predicted octanol–water partition coefficient (Wildman–Crippen LogP) is 4.43. The molecule has 0 atom stereocenters. The summed E-state index contributed by atoms with van der Waals surface area (Å²) in [5.41, 5.74) is 1.01. The third-order valence-corrected chi connectivity index (χ3v) is 2.58. The van der Waals surface area contributed by atoms with Crippen LogP contribution in [0.1, 0.15) is 5.56 Å². The summed E-state index contributed by atoms with van der Waals surface area (Å²) >= 11 is 5.39. The molecule has 3 heteroatoms. The van der Waals surface area contributed by atoms with Gasteiger partial charge in [-0.1, -0.05) is 54.6 Å². The molecule has 2 nitrogen and oxygen atoms in total. The molecule has 0 N–H and O–H groups in total. The van der Waals surface area contributed by atoms with Gasteiger partial charge in [0.25, 0.3) is 0 Å². The van der Waals surface area contributed by atoms with E-state index in [2.05, 4.69) is 0 Å². The molecule has 0 aliphatic carbocycles. The highest BCUT2D eigenvalue weighted by Crippen LogP contribution is 2.15. The number of carbonyl (C=O) groups excluding carboxylic acids is 1. The summed E-state index contributed by atoms with van der Waals surface area (Å²) in [5, 5.41) is -0.575. The predicted molar refractivity (Wildman–Crippen MR) is 81.5 cm³/mol. The maximum Gasteiger partial charge on any atom is 0.248 e. The van der Waals surface area contributed by atoms with Crippen LogP contribution in [0, 0.1) is 0 Å². The van der Waals surface area contributed by atoms with Crippen molar-refractivity contribution < 1.29 is 9.53 Å². The maximum absolute atomic E-state index is 11.0. The van der Waals surface area contributed by atoms with Gasteiger partial charge >= 0.3 is 0 Å². The molecule has 0 radical (unpaired) electrons. The highest BCUT2D eigenvalue weighted by atomic mass is 35.5. The van der Waals surface area contributed by atoms with Crippen LogP contribution in [0.25, 0.3) is 6.08 Å². The Bertz CT molecular complexity index is 616. The summed E-state index contributed by atoms with van der Waals surface area (Å²) in [6, 6.07) is 19.0. The van der Waals surface area contributed by atoms with Crippen LogP contribution in [-0.2, 0) is 4.79 Å². The lowest BCUT2D eigenvalue weighted by Gasteiger charge is -2.05. The molecular weight excluding hydrogens is 272 g/mol. The molecular formula is C17H13ClO2. The first-order chi connectivity index (χ1) is 9.74. The average Bonchev–Trinajstić information content (AvgIpc) is 2.46. The smallest absolute Gasteiger partial charge is 0.248 e. The molecule has 20 heavy (non-hydrogen) atoms. The van der Waals surface area contributed by atoms with E-state index in [1.165, 1.54) is 6.08 Å². The van der Waals surface area contributed by atoms with Gasteiger partial charge in [-0.2, -0.15) is 0 Å². The van der Waals surface area contributed by atoms with Gasteiger partial charge in [0.15, 0.2) is 0 Å². The van der Waals surface area contributed by atoms with Gasteiger partial charge in [0, 0.05) is 6.08 Å². The second kappa shape index (κ2) is 7.31. The van der Waals surface area contributed by atoms with Gasteiger partial charge in [-0.25, -0.2) is 0 Å². The average molecular weight is 285 g/mol. The fourth-order valence-corrected chi connectivity index (χ4v) is 1.70. The van der Waals surface area contributed by atoms with Crippen LogP contribution in [0.3, 0.4) is 0 Å². The van der Waals surface area contributed by atoms with E-state index in [4.69, 9.17) is 16.3 Å². The van der Waals surface area contributed by atoms with E-state index in [0.29, 0.717) is 11.5 Å². The monoisotopic (exact) mass is 284 g/mol. The number of hydrogen-bond acceptors (Lipinski definition) is 2. The lowest BCUT2D eigenvalue weighted by Crippen LogP contribution is -1.94. The second-order valence-electron chi connectivity index (χ2n) is 4.01. The van der Waals surface area contributed by atoms with Crippen LogP contribution in [0.4, 0.5) is 0 Å². The van der Waals surface area contributed by atoms with Gasteiger partial charge in [0.05, 0.1) is 0 Å². The van der Waals surface area contributed by atoms with Crippen LogP contribution < -0.4 is 4.74 Å². The van der Waals surface area contributed by atoms with Crippen molar-refractivity contribution in [3.05, 3.63) is 84.1 Å². The standard InChI is InChI=1S/C17H13ClO2/c18-17(19)13-16(20-15-9-5-2-6-10-15)12-11-14-7-3-1-4-8-14/h1-13H/b12-11+,16-13+. The van der Waals surface area contributed by atoms with Crippen molar-refractivity contribution in [1.29, 1.82) is 0 Å². The van der Waals surface area contributed by atoms with Gasteiger partial charge in [0.2, 0.25) is 5.24 Å². The number of halogens is 1.